The van der Waals surface area contributed by atoms with Gasteiger partial charge in [-0.25, -0.2) is 0 Å². The second-order valence-corrected chi connectivity index (χ2v) is 10.1. The normalized spacial score (nSPS) is 11.9. The predicted octanol–water partition coefficient (Wildman–Crippen LogP) is 6.78. The molecule has 156 valence electrons. The predicted molar refractivity (Wildman–Crippen MR) is 129 cm³/mol. The summed E-state index contributed by atoms with van der Waals surface area (Å²) in [6.07, 6.45) is 0. The monoisotopic (exact) mass is 439 g/mol. The lowest BCUT2D eigenvalue weighted by atomic mass is 9.78. The van der Waals surface area contributed by atoms with E-state index in [2.05, 4.69) is 33.0 Å². The molecule has 30 heavy (non-hydrogen) atoms. The van der Waals surface area contributed by atoms with E-state index in [9.17, 15) is 9.36 Å². The van der Waals surface area contributed by atoms with Gasteiger partial charge < -0.3 is 11.1 Å². The number of carbonyl (C=O) groups is 1. The molecule has 4 nitrogen and oxygen atoms in total. The van der Waals surface area contributed by atoms with E-state index in [4.69, 9.17) is 5.73 Å². The largest absolute Gasteiger partial charge is 0.397 e. The third kappa shape index (κ3) is 4.19. The molecule has 0 aliphatic carbocycles. The molecule has 1 atom stereocenters. The first-order valence-corrected chi connectivity index (χ1v) is 11.8. The van der Waals surface area contributed by atoms with E-state index in [1.54, 1.807) is 23.5 Å². The van der Waals surface area contributed by atoms with Crippen LogP contribution in [0.4, 0.5) is 11.4 Å². The number of anilines is 2. The molecule has 0 spiro atoms. The number of nitrogen functional groups attached to an aromatic ring is 1. The number of nitrogens with one attached hydrogen (secondary N) is 1. The number of thiophene rings is 1. The first kappa shape index (κ1) is 22.2. The highest BCUT2D eigenvalue weighted by Crippen LogP contribution is 2.48. The molecule has 0 fully saturated rings. The summed E-state index contributed by atoms with van der Waals surface area (Å²) in [4.78, 5) is 14.0. The summed E-state index contributed by atoms with van der Waals surface area (Å²) in [6.45, 7) is 8.37. The van der Waals surface area contributed by atoms with Gasteiger partial charge in [-0.15, -0.1) is 11.3 Å². The molecule has 0 saturated carbocycles. The third-order valence-corrected chi connectivity index (χ3v) is 8.42. The van der Waals surface area contributed by atoms with Crippen molar-refractivity contribution >= 4 is 37.1 Å². The average molecular weight is 440 g/mol. The van der Waals surface area contributed by atoms with E-state index in [1.165, 1.54) is 0 Å². The Morgan fingerprint density at radius 3 is 2.23 bits per heavy atom. The van der Waals surface area contributed by atoms with Crippen LogP contribution >= 0.6 is 19.8 Å². The van der Waals surface area contributed by atoms with E-state index in [-0.39, 0.29) is 17.7 Å². The molecule has 3 rings (SSSR count). The summed E-state index contributed by atoms with van der Waals surface area (Å²) in [5.41, 5.74) is 9.75. The van der Waals surface area contributed by atoms with Gasteiger partial charge in [-0.2, -0.15) is 0 Å². The maximum Gasteiger partial charge on any atom is 0.336 e. The standard InChI is InChI=1S/C24H27N2O2PS/c1-15(2)24(29-28,16(3)4)19-10-7-17(8-11-19)23(27)26-21-14-18(9-12-20(21)25)22-6-5-13-30-22/h5-16H,25H2,1-4H3,(H,26,27)/p+1. The maximum absolute atomic E-state index is 12.8. The van der Waals surface area contributed by atoms with Crippen molar-refractivity contribution in [3.63, 3.8) is 0 Å². The van der Waals surface area contributed by atoms with Crippen LogP contribution in [0.3, 0.4) is 0 Å². The number of rotatable bonds is 7. The third-order valence-electron chi connectivity index (χ3n) is 5.72. The number of amides is 1. The van der Waals surface area contributed by atoms with Gasteiger partial charge >= 0.3 is 8.46 Å². The van der Waals surface area contributed by atoms with Crippen molar-refractivity contribution in [1.82, 2.24) is 0 Å². The molecule has 2 aromatic carbocycles. The zero-order chi connectivity index (χ0) is 21.9. The van der Waals surface area contributed by atoms with Crippen LogP contribution in [0.2, 0.25) is 0 Å². The minimum Gasteiger partial charge on any atom is -0.397 e. The van der Waals surface area contributed by atoms with Gasteiger partial charge in [0.25, 0.3) is 5.91 Å². The molecule has 0 radical (unpaired) electrons. The molecule has 0 aliphatic heterocycles. The van der Waals surface area contributed by atoms with Crippen molar-refractivity contribution in [3.05, 3.63) is 71.1 Å². The van der Waals surface area contributed by atoms with Gasteiger partial charge in [-0.05, 0) is 41.3 Å². The second kappa shape index (κ2) is 9.11. The van der Waals surface area contributed by atoms with Crippen LogP contribution in [0.5, 0.6) is 0 Å². The molecular weight excluding hydrogens is 411 g/mol. The molecule has 3 aromatic rings. The molecule has 1 aromatic heterocycles. The highest BCUT2D eigenvalue weighted by Gasteiger charge is 2.47. The van der Waals surface area contributed by atoms with E-state index in [1.807, 2.05) is 47.8 Å². The Morgan fingerprint density at radius 2 is 1.70 bits per heavy atom. The van der Waals surface area contributed by atoms with Gasteiger partial charge in [0.05, 0.1) is 11.4 Å². The van der Waals surface area contributed by atoms with Crippen molar-refractivity contribution < 1.29 is 9.36 Å². The molecule has 0 saturated heterocycles. The van der Waals surface area contributed by atoms with Crippen molar-refractivity contribution in [3.8, 4) is 10.4 Å². The molecule has 0 aliphatic rings. The number of nitrogens with two attached hydrogens (primary N) is 1. The second-order valence-electron chi connectivity index (χ2n) is 8.09. The van der Waals surface area contributed by atoms with E-state index < -0.39 is 13.6 Å². The quantitative estimate of drug-likeness (QED) is 0.315. The SMILES string of the molecule is CC(C)C([PH+]=O)(c1ccc(C(=O)Nc2cc(-c3cccs3)ccc2N)cc1)C(C)C. The summed E-state index contributed by atoms with van der Waals surface area (Å²) in [5, 5.41) is 4.52. The topological polar surface area (TPSA) is 72.2 Å². The highest BCUT2D eigenvalue weighted by atomic mass is 32.1. The van der Waals surface area contributed by atoms with E-state index >= 15 is 0 Å². The van der Waals surface area contributed by atoms with Crippen LogP contribution in [0.25, 0.3) is 10.4 Å². The summed E-state index contributed by atoms with van der Waals surface area (Å²) in [5.74, 6) is 0.210. The Bertz CT molecular complexity index is 1020. The molecule has 1 unspecified atom stereocenters. The molecular formula is C24H28N2O2PS+. The van der Waals surface area contributed by atoms with Crippen LogP contribution in [-0.4, -0.2) is 5.91 Å². The van der Waals surface area contributed by atoms with Crippen molar-refractivity contribution in [2.45, 2.75) is 32.9 Å². The first-order valence-electron chi connectivity index (χ1n) is 10.0. The first-order chi connectivity index (χ1) is 14.3. The van der Waals surface area contributed by atoms with Crippen LogP contribution in [0, 0.1) is 11.8 Å². The van der Waals surface area contributed by atoms with Gasteiger partial charge in [0, 0.05) is 27.8 Å². The lowest BCUT2D eigenvalue weighted by molar-refractivity contribution is 0.102. The fourth-order valence-corrected chi connectivity index (χ4v) is 5.46. The lowest BCUT2D eigenvalue weighted by Crippen LogP contribution is -2.32. The van der Waals surface area contributed by atoms with Crippen molar-refractivity contribution in [1.29, 1.82) is 0 Å². The molecule has 3 N–H and O–H groups in total. The minimum absolute atomic E-state index is 0.216. The highest BCUT2D eigenvalue weighted by molar-refractivity contribution is 7.25. The smallest absolute Gasteiger partial charge is 0.336 e. The van der Waals surface area contributed by atoms with Gasteiger partial charge in [0.2, 0.25) is 0 Å². The van der Waals surface area contributed by atoms with Gasteiger partial charge in [-0.1, -0.05) is 56.5 Å². The van der Waals surface area contributed by atoms with Crippen LogP contribution in [0.1, 0.15) is 43.6 Å². The van der Waals surface area contributed by atoms with E-state index in [0.717, 1.165) is 16.0 Å². The van der Waals surface area contributed by atoms with Gasteiger partial charge in [0.15, 0.2) is 5.16 Å². The Hall–Kier alpha value is -2.49. The Balaban J connectivity index is 1.85. The Morgan fingerprint density at radius 1 is 1.03 bits per heavy atom. The lowest BCUT2D eigenvalue weighted by Gasteiger charge is -2.29. The van der Waals surface area contributed by atoms with Crippen LogP contribution in [-0.2, 0) is 9.72 Å². The summed E-state index contributed by atoms with van der Waals surface area (Å²) >= 11 is 1.64. The number of carbonyl (C=O) groups excluding carboxylic acids is 1. The van der Waals surface area contributed by atoms with Crippen LogP contribution in [0.15, 0.2) is 60.0 Å². The summed E-state index contributed by atoms with van der Waals surface area (Å²) in [7, 11) is -0.454. The fraction of sp³-hybridized carbons (Fsp3) is 0.292. The van der Waals surface area contributed by atoms with Crippen molar-refractivity contribution in [2.24, 2.45) is 11.8 Å². The molecule has 1 amide bonds. The number of hydrogen-bond donors (Lipinski definition) is 2. The van der Waals surface area contributed by atoms with E-state index in [0.29, 0.717) is 16.9 Å². The Labute approximate surface area is 183 Å². The average Bonchev–Trinajstić information content (AvgIpc) is 3.25. The number of hydrogen-bond acceptors (Lipinski definition) is 4. The molecule has 0 bridgehead atoms. The van der Waals surface area contributed by atoms with Gasteiger partial charge in [0.1, 0.15) is 0 Å². The Kier molecular flexibility index (Phi) is 6.74. The summed E-state index contributed by atoms with van der Waals surface area (Å²) < 4.78 is 12.2. The zero-order valence-corrected chi connectivity index (χ0v) is 19.5. The molecule has 6 heteroatoms. The minimum atomic E-state index is -0.454. The summed E-state index contributed by atoms with van der Waals surface area (Å²) in [6, 6.07) is 17.1. The maximum atomic E-state index is 12.8. The van der Waals surface area contributed by atoms with Gasteiger partial charge in [-0.3, -0.25) is 4.79 Å². The van der Waals surface area contributed by atoms with Crippen LogP contribution < -0.4 is 11.1 Å². The molecule has 1 heterocycles. The fourth-order valence-electron chi connectivity index (χ4n) is 3.98. The number of benzene rings is 2. The van der Waals surface area contributed by atoms with Crippen molar-refractivity contribution in [2.75, 3.05) is 11.1 Å². The zero-order valence-electron chi connectivity index (χ0n) is 17.7.